The lowest BCUT2D eigenvalue weighted by Crippen LogP contribution is -2.23. The molecule has 0 aliphatic heterocycles. The van der Waals surface area contributed by atoms with E-state index >= 15 is 0 Å². The van der Waals surface area contributed by atoms with E-state index in [1.54, 1.807) is 0 Å². The summed E-state index contributed by atoms with van der Waals surface area (Å²) in [5.41, 5.74) is 0. The Balaban J connectivity index is 3.84. The van der Waals surface area contributed by atoms with Gasteiger partial charge in [0.25, 0.3) is 0 Å². The normalized spacial score (nSPS) is 11.2. The summed E-state index contributed by atoms with van der Waals surface area (Å²) in [5.74, 6) is 0.882. The van der Waals surface area contributed by atoms with Crippen molar-refractivity contribution in [1.29, 1.82) is 5.41 Å². The van der Waals surface area contributed by atoms with Gasteiger partial charge in [0.2, 0.25) is 0 Å². The fourth-order valence-electron chi connectivity index (χ4n) is 0.421. The minimum Gasteiger partial charge on any atom is -0.364 e. The molecule has 9 heavy (non-hydrogen) atoms. The molecule has 0 aliphatic rings. The average molecular weight is 127 g/mol. The maximum Gasteiger partial charge on any atom is 0.109 e. The highest BCUT2D eigenvalue weighted by molar-refractivity contribution is 5.85. The monoisotopic (exact) mass is 127 g/mol. The first-order chi connectivity index (χ1) is 4.22. The molecule has 0 aromatic carbocycles. The molecule has 0 saturated carbocycles. The van der Waals surface area contributed by atoms with E-state index in [-0.39, 0.29) is 0 Å². The van der Waals surface area contributed by atoms with Crippen LogP contribution in [0, 0.1) is 5.41 Å². The third-order valence-electron chi connectivity index (χ3n) is 1.28. The number of nitrogens with zero attached hydrogens (tertiary/aromatic N) is 2. The van der Waals surface area contributed by atoms with Crippen molar-refractivity contribution in [1.82, 2.24) is 4.90 Å². The molecule has 3 heteroatoms. The minimum atomic E-state index is 0.882. The largest absolute Gasteiger partial charge is 0.364 e. The van der Waals surface area contributed by atoms with Gasteiger partial charge in [-0.15, -0.1) is 0 Å². The van der Waals surface area contributed by atoms with Crippen LogP contribution in [0.5, 0.6) is 0 Å². The topological polar surface area (TPSA) is 39.5 Å². The molecule has 0 aromatic heterocycles. The summed E-state index contributed by atoms with van der Waals surface area (Å²) < 4.78 is 0. The van der Waals surface area contributed by atoms with Crippen LogP contribution < -0.4 is 0 Å². The number of nitrogens with one attached hydrogen (secondary N) is 1. The number of rotatable bonds is 2. The van der Waals surface area contributed by atoms with Crippen LogP contribution in [-0.4, -0.2) is 30.7 Å². The van der Waals surface area contributed by atoms with E-state index in [0.717, 1.165) is 18.7 Å². The predicted molar refractivity (Wildman–Crippen MR) is 40.2 cm³/mol. The Morgan fingerprint density at radius 2 is 2.33 bits per heavy atom. The Morgan fingerprint density at radius 1 is 1.78 bits per heavy atom. The Kier molecular flexibility index (Phi) is 3.67. The third-order valence-corrected chi connectivity index (χ3v) is 1.28. The standard InChI is InChI=1S/C6H13N3/c1-4-9(3)6(2)8-5-7/h5,7H,4H2,1-3H3. The highest BCUT2D eigenvalue weighted by atomic mass is 15.1. The van der Waals surface area contributed by atoms with Crippen LogP contribution in [0.25, 0.3) is 0 Å². The fraction of sp³-hybridized carbons (Fsp3) is 0.667. The number of amidine groups is 1. The smallest absolute Gasteiger partial charge is 0.109 e. The molecule has 0 unspecified atom stereocenters. The van der Waals surface area contributed by atoms with E-state index in [4.69, 9.17) is 5.41 Å². The zero-order chi connectivity index (χ0) is 7.28. The van der Waals surface area contributed by atoms with Crippen molar-refractivity contribution < 1.29 is 0 Å². The summed E-state index contributed by atoms with van der Waals surface area (Å²) in [6.07, 6.45) is 1.06. The maximum atomic E-state index is 6.66. The van der Waals surface area contributed by atoms with Crippen molar-refractivity contribution in [3.05, 3.63) is 0 Å². The molecule has 0 spiro atoms. The van der Waals surface area contributed by atoms with Gasteiger partial charge in [0, 0.05) is 13.6 Å². The molecule has 0 heterocycles. The summed E-state index contributed by atoms with van der Waals surface area (Å²) in [7, 11) is 1.95. The average Bonchev–Trinajstić information content (AvgIpc) is 1.87. The second-order valence-corrected chi connectivity index (χ2v) is 1.82. The van der Waals surface area contributed by atoms with Gasteiger partial charge in [-0.1, -0.05) is 0 Å². The number of hydrogen-bond donors (Lipinski definition) is 1. The molecule has 0 rings (SSSR count). The van der Waals surface area contributed by atoms with Crippen LogP contribution in [-0.2, 0) is 0 Å². The Bertz CT molecular complexity index is 117. The first-order valence-electron chi connectivity index (χ1n) is 2.96. The summed E-state index contributed by atoms with van der Waals surface area (Å²) in [6.45, 7) is 4.86. The fourth-order valence-corrected chi connectivity index (χ4v) is 0.421. The molecule has 3 nitrogen and oxygen atoms in total. The summed E-state index contributed by atoms with van der Waals surface area (Å²) in [5, 5.41) is 6.66. The zero-order valence-corrected chi connectivity index (χ0v) is 6.18. The molecular weight excluding hydrogens is 114 g/mol. The van der Waals surface area contributed by atoms with Gasteiger partial charge in [-0.2, -0.15) is 0 Å². The van der Waals surface area contributed by atoms with Crippen molar-refractivity contribution in [2.45, 2.75) is 13.8 Å². The van der Waals surface area contributed by atoms with Gasteiger partial charge in [-0.3, -0.25) is 5.41 Å². The molecular formula is C6H13N3. The van der Waals surface area contributed by atoms with Crippen molar-refractivity contribution in [3.8, 4) is 0 Å². The molecule has 0 fully saturated rings. The Hall–Kier alpha value is -0.860. The molecule has 0 atom stereocenters. The van der Waals surface area contributed by atoms with Crippen molar-refractivity contribution in [2.24, 2.45) is 4.99 Å². The van der Waals surface area contributed by atoms with E-state index in [0.29, 0.717) is 0 Å². The lowest BCUT2D eigenvalue weighted by molar-refractivity contribution is 0.533. The summed E-state index contributed by atoms with van der Waals surface area (Å²) in [4.78, 5) is 5.76. The van der Waals surface area contributed by atoms with E-state index in [1.165, 1.54) is 0 Å². The van der Waals surface area contributed by atoms with Gasteiger partial charge >= 0.3 is 0 Å². The van der Waals surface area contributed by atoms with E-state index in [1.807, 2.05) is 25.8 Å². The summed E-state index contributed by atoms with van der Waals surface area (Å²) in [6, 6.07) is 0. The molecule has 0 amide bonds. The lowest BCUT2D eigenvalue weighted by atomic mass is 10.5. The number of hydrogen-bond acceptors (Lipinski definition) is 1. The summed E-state index contributed by atoms with van der Waals surface area (Å²) >= 11 is 0. The van der Waals surface area contributed by atoms with Crippen LogP contribution in [0.4, 0.5) is 0 Å². The van der Waals surface area contributed by atoms with E-state index < -0.39 is 0 Å². The van der Waals surface area contributed by atoms with Crippen LogP contribution in [0.2, 0.25) is 0 Å². The lowest BCUT2D eigenvalue weighted by Gasteiger charge is -2.13. The van der Waals surface area contributed by atoms with E-state index in [2.05, 4.69) is 4.99 Å². The van der Waals surface area contributed by atoms with E-state index in [9.17, 15) is 0 Å². The predicted octanol–water partition coefficient (Wildman–Crippen LogP) is 0.964. The maximum absolute atomic E-state index is 6.66. The number of aliphatic imine (C=N–C) groups is 1. The van der Waals surface area contributed by atoms with Crippen molar-refractivity contribution in [2.75, 3.05) is 13.6 Å². The highest BCUT2D eigenvalue weighted by Gasteiger charge is 1.92. The molecule has 0 aliphatic carbocycles. The second-order valence-electron chi connectivity index (χ2n) is 1.82. The van der Waals surface area contributed by atoms with Gasteiger partial charge in [0.05, 0.1) is 0 Å². The van der Waals surface area contributed by atoms with Gasteiger partial charge in [-0.25, -0.2) is 4.99 Å². The third kappa shape index (κ3) is 2.85. The molecule has 0 bridgehead atoms. The Morgan fingerprint density at radius 3 is 2.67 bits per heavy atom. The molecule has 52 valence electrons. The first kappa shape index (κ1) is 8.14. The molecule has 0 radical (unpaired) electrons. The van der Waals surface area contributed by atoms with Gasteiger partial charge in [-0.05, 0) is 13.8 Å². The first-order valence-corrected chi connectivity index (χ1v) is 2.96. The SMILES string of the molecule is CCN(C)C(C)=NC=N. The quantitative estimate of drug-likeness (QED) is 0.435. The van der Waals surface area contributed by atoms with Crippen LogP contribution in [0.3, 0.4) is 0 Å². The minimum absolute atomic E-state index is 0.882. The van der Waals surface area contributed by atoms with Crippen molar-refractivity contribution in [3.63, 3.8) is 0 Å². The highest BCUT2D eigenvalue weighted by Crippen LogP contribution is 1.83. The Labute approximate surface area is 55.9 Å². The second kappa shape index (κ2) is 4.06. The molecule has 1 N–H and O–H groups in total. The zero-order valence-electron chi connectivity index (χ0n) is 6.18. The van der Waals surface area contributed by atoms with Gasteiger partial charge < -0.3 is 4.90 Å². The van der Waals surface area contributed by atoms with Crippen molar-refractivity contribution >= 4 is 12.2 Å². The van der Waals surface area contributed by atoms with Gasteiger partial charge in [0.1, 0.15) is 12.2 Å². The van der Waals surface area contributed by atoms with Gasteiger partial charge in [0.15, 0.2) is 0 Å². The molecule has 0 saturated heterocycles. The van der Waals surface area contributed by atoms with Crippen LogP contribution in [0.15, 0.2) is 4.99 Å². The van der Waals surface area contributed by atoms with Crippen LogP contribution in [0.1, 0.15) is 13.8 Å². The molecule has 0 aromatic rings. The van der Waals surface area contributed by atoms with Crippen LogP contribution >= 0.6 is 0 Å².